The number of nitrogens with zero attached hydrogens (tertiary/aromatic N) is 2. The Kier molecular flexibility index (Phi) is 4.26. The third-order valence-corrected chi connectivity index (χ3v) is 3.28. The standard InChI is InChI=1S/C14H11IN2O2/c1-10-5-6-12(15)8-14(10)16-9-11-3-2-4-13(7-11)17(18)19/h2-9H,1H3. The van der Waals surface area contributed by atoms with Crippen LogP contribution in [-0.2, 0) is 0 Å². The van der Waals surface area contributed by atoms with Crippen LogP contribution in [0.3, 0.4) is 0 Å². The SMILES string of the molecule is Cc1ccc(I)cc1N=Cc1cccc([N+](=O)[O-])c1. The van der Waals surface area contributed by atoms with Crippen LogP contribution < -0.4 is 0 Å². The number of aliphatic imine (C=N–C) groups is 1. The van der Waals surface area contributed by atoms with Crippen molar-refractivity contribution in [2.75, 3.05) is 0 Å². The summed E-state index contributed by atoms with van der Waals surface area (Å²) in [5.41, 5.74) is 2.73. The van der Waals surface area contributed by atoms with Crippen molar-refractivity contribution in [3.8, 4) is 0 Å². The summed E-state index contributed by atoms with van der Waals surface area (Å²) in [6.07, 6.45) is 1.64. The molecule has 4 nitrogen and oxygen atoms in total. The fraction of sp³-hybridized carbons (Fsp3) is 0.0714. The van der Waals surface area contributed by atoms with Gasteiger partial charge >= 0.3 is 0 Å². The predicted molar refractivity (Wildman–Crippen MR) is 84.2 cm³/mol. The van der Waals surface area contributed by atoms with Gasteiger partial charge in [-0.25, -0.2) is 0 Å². The second kappa shape index (κ2) is 5.92. The minimum absolute atomic E-state index is 0.0725. The molecule has 0 saturated carbocycles. The van der Waals surface area contributed by atoms with Gasteiger partial charge in [0.1, 0.15) is 0 Å². The van der Waals surface area contributed by atoms with E-state index in [0.29, 0.717) is 5.56 Å². The van der Waals surface area contributed by atoms with E-state index in [1.807, 2.05) is 25.1 Å². The zero-order chi connectivity index (χ0) is 13.8. The molecule has 0 atom stereocenters. The molecule has 0 aliphatic rings. The van der Waals surface area contributed by atoms with Crippen molar-refractivity contribution in [3.05, 3.63) is 67.3 Å². The minimum atomic E-state index is -0.409. The van der Waals surface area contributed by atoms with E-state index in [-0.39, 0.29) is 5.69 Å². The van der Waals surface area contributed by atoms with Crippen molar-refractivity contribution in [1.29, 1.82) is 0 Å². The van der Waals surface area contributed by atoms with Gasteiger partial charge in [0, 0.05) is 21.9 Å². The second-order valence-electron chi connectivity index (χ2n) is 4.04. The Labute approximate surface area is 124 Å². The van der Waals surface area contributed by atoms with E-state index < -0.39 is 4.92 Å². The van der Waals surface area contributed by atoms with Gasteiger partial charge in [-0.05, 0) is 52.8 Å². The first-order valence-electron chi connectivity index (χ1n) is 5.61. The van der Waals surface area contributed by atoms with Crippen molar-refractivity contribution in [3.63, 3.8) is 0 Å². The quantitative estimate of drug-likeness (QED) is 0.353. The fourth-order valence-electron chi connectivity index (χ4n) is 1.58. The van der Waals surface area contributed by atoms with Crippen molar-refractivity contribution >= 4 is 40.2 Å². The number of halogens is 1. The third kappa shape index (κ3) is 3.60. The first kappa shape index (κ1) is 13.7. The molecular weight excluding hydrogens is 355 g/mol. The van der Waals surface area contributed by atoms with Crippen molar-refractivity contribution in [2.45, 2.75) is 6.92 Å². The van der Waals surface area contributed by atoms with Crippen LogP contribution in [0.2, 0.25) is 0 Å². The summed E-state index contributed by atoms with van der Waals surface area (Å²) in [6, 6.07) is 12.4. The number of rotatable bonds is 3. The monoisotopic (exact) mass is 366 g/mol. The summed E-state index contributed by atoms with van der Waals surface area (Å²) < 4.78 is 1.11. The molecule has 0 unspecified atom stereocenters. The highest BCUT2D eigenvalue weighted by Crippen LogP contribution is 2.21. The number of hydrogen-bond acceptors (Lipinski definition) is 3. The molecule has 96 valence electrons. The highest BCUT2D eigenvalue weighted by Gasteiger charge is 2.04. The summed E-state index contributed by atoms with van der Waals surface area (Å²) >= 11 is 2.23. The molecule has 0 N–H and O–H groups in total. The maximum absolute atomic E-state index is 10.7. The minimum Gasteiger partial charge on any atom is -0.258 e. The van der Waals surface area contributed by atoms with Crippen molar-refractivity contribution < 1.29 is 4.92 Å². The van der Waals surface area contributed by atoms with E-state index in [0.717, 1.165) is 14.8 Å². The lowest BCUT2D eigenvalue weighted by molar-refractivity contribution is -0.384. The molecule has 0 bridgehead atoms. The largest absolute Gasteiger partial charge is 0.270 e. The molecule has 0 aliphatic carbocycles. The Morgan fingerprint density at radius 1 is 1.26 bits per heavy atom. The van der Waals surface area contributed by atoms with Crippen molar-refractivity contribution in [2.24, 2.45) is 4.99 Å². The van der Waals surface area contributed by atoms with E-state index >= 15 is 0 Å². The Balaban J connectivity index is 2.30. The molecular formula is C14H11IN2O2. The molecule has 0 aliphatic heterocycles. The topological polar surface area (TPSA) is 55.5 Å². The zero-order valence-electron chi connectivity index (χ0n) is 10.2. The van der Waals surface area contributed by atoms with Gasteiger partial charge in [0.15, 0.2) is 0 Å². The number of non-ortho nitro benzene ring substituents is 1. The summed E-state index contributed by atoms with van der Waals surface area (Å²) in [6.45, 7) is 1.98. The average molecular weight is 366 g/mol. The molecule has 2 aromatic carbocycles. The van der Waals surface area contributed by atoms with Gasteiger partial charge in [0.25, 0.3) is 5.69 Å². The highest BCUT2D eigenvalue weighted by molar-refractivity contribution is 14.1. The fourth-order valence-corrected chi connectivity index (χ4v) is 2.06. The molecule has 2 rings (SSSR count). The molecule has 0 spiro atoms. The molecule has 0 aromatic heterocycles. The molecule has 0 radical (unpaired) electrons. The van der Waals surface area contributed by atoms with E-state index in [2.05, 4.69) is 27.6 Å². The Hall–Kier alpha value is -1.76. The maximum Gasteiger partial charge on any atom is 0.270 e. The summed E-state index contributed by atoms with van der Waals surface area (Å²) in [7, 11) is 0. The number of nitro benzene ring substituents is 1. The summed E-state index contributed by atoms with van der Waals surface area (Å²) in [4.78, 5) is 14.7. The van der Waals surface area contributed by atoms with Crippen LogP contribution in [0.15, 0.2) is 47.5 Å². The first-order chi connectivity index (χ1) is 9.06. The van der Waals surface area contributed by atoms with Crippen LogP contribution in [0.4, 0.5) is 11.4 Å². The van der Waals surface area contributed by atoms with Gasteiger partial charge in [-0.1, -0.05) is 18.2 Å². The lowest BCUT2D eigenvalue weighted by Crippen LogP contribution is -1.89. The normalized spacial score (nSPS) is 10.8. The molecule has 0 saturated heterocycles. The van der Waals surface area contributed by atoms with Crippen LogP contribution in [0.5, 0.6) is 0 Å². The van der Waals surface area contributed by atoms with Gasteiger partial charge < -0.3 is 0 Å². The van der Waals surface area contributed by atoms with Gasteiger partial charge in [-0.2, -0.15) is 0 Å². The van der Waals surface area contributed by atoms with Crippen LogP contribution >= 0.6 is 22.6 Å². The predicted octanol–water partition coefficient (Wildman–Crippen LogP) is 4.26. The zero-order valence-corrected chi connectivity index (χ0v) is 12.4. The lowest BCUT2D eigenvalue weighted by atomic mass is 10.2. The van der Waals surface area contributed by atoms with Crippen LogP contribution in [0, 0.1) is 20.6 Å². The molecule has 5 heteroatoms. The van der Waals surface area contributed by atoms with E-state index in [4.69, 9.17) is 0 Å². The first-order valence-corrected chi connectivity index (χ1v) is 6.69. The maximum atomic E-state index is 10.7. The van der Waals surface area contributed by atoms with Gasteiger partial charge in [-0.3, -0.25) is 15.1 Å². The van der Waals surface area contributed by atoms with E-state index in [1.54, 1.807) is 18.3 Å². The Bertz CT molecular complexity index is 654. The molecule has 0 fully saturated rings. The van der Waals surface area contributed by atoms with Crippen molar-refractivity contribution in [1.82, 2.24) is 0 Å². The number of hydrogen-bond donors (Lipinski definition) is 0. The number of nitro groups is 1. The smallest absolute Gasteiger partial charge is 0.258 e. The Morgan fingerprint density at radius 2 is 2.05 bits per heavy atom. The molecule has 0 heterocycles. The van der Waals surface area contributed by atoms with Gasteiger partial charge in [0.2, 0.25) is 0 Å². The van der Waals surface area contributed by atoms with Crippen LogP contribution in [0.1, 0.15) is 11.1 Å². The van der Waals surface area contributed by atoms with Gasteiger partial charge in [0.05, 0.1) is 10.6 Å². The van der Waals surface area contributed by atoms with E-state index in [9.17, 15) is 10.1 Å². The molecule has 0 amide bonds. The third-order valence-electron chi connectivity index (χ3n) is 2.60. The number of aryl methyl sites for hydroxylation is 1. The second-order valence-corrected chi connectivity index (χ2v) is 5.29. The Morgan fingerprint density at radius 3 is 2.79 bits per heavy atom. The highest BCUT2D eigenvalue weighted by atomic mass is 127. The summed E-state index contributed by atoms with van der Waals surface area (Å²) in [5, 5.41) is 10.7. The number of benzene rings is 2. The van der Waals surface area contributed by atoms with E-state index in [1.165, 1.54) is 12.1 Å². The lowest BCUT2D eigenvalue weighted by Gasteiger charge is -2.00. The van der Waals surface area contributed by atoms with Gasteiger partial charge in [-0.15, -0.1) is 0 Å². The van der Waals surface area contributed by atoms with Crippen LogP contribution in [-0.4, -0.2) is 11.1 Å². The molecule has 19 heavy (non-hydrogen) atoms. The summed E-state index contributed by atoms with van der Waals surface area (Å²) in [5.74, 6) is 0. The molecule has 2 aromatic rings. The average Bonchev–Trinajstić information content (AvgIpc) is 2.40. The van der Waals surface area contributed by atoms with Crippen LogP contribution in [0.25, 0.3) is 0 Å².